The fraction of sp³-hybridized carbons (Fsp3) is 0.125. The number of phenolic OH excluding ortho intramolecular Hbond substituents is 1. The van der Waals surface area contributed by atoms with Crippen LogP contribution in [0.4, 0.5) is 4.39 Å². The van der Waals surface area contributed by atoms with Gasteiger partial charge in [0.1, 0.15) is 17.3 Å². The van der Waals surface area contributed by atoms with E-state index in [1.165, 1.54) is 23.5 Å². The minimum atomic E-state index is -0.275. The van der Waals surface area contributed by atoms with Gasteiger partial charge in [0, 0.05) is 16.1 Å². The van der Waals surface area contributed by atoms with Gasteiger partial charge in [-0.05, 0) is 91.0 Å². The number of aromatic hydroxyl groups is 1. The molecule has 0 radical (unpaired) electrons. The molecule has 2 aromatic heterocycles. The molecule has 0 bridgehead atoms. The lowest BCUT2D eigenvalue weighted by molar-refractivity contribution is 0.0944. The van der Waals surface area contributed by atoms with Crippen LogP contribution in [-0.2, 0) is 6.42 Å². The van der Waals surface area contributed by atoms with Crippen molar-refractivity contribution < 1.29 is 19.0 Å². The van der Waals surface area contributed by atoms with Gasteiger partial charge in [-0.25, -0.2) is 9.07 Å². The number of phenols is 1. The summed E-state index contributed by atoms with van der Waals surface area (Å²) in [4.78, 5) is 13.2. The lowest BCUT2D eigenvalue weighted by Crippen LogP contribution is -2.33. The van der Waals surface area contributed by atoms with Gasteiger partial charge in [-0.15, -0.1) is 11.3 Å². The Bertz CT molecular complexity index is 1730. The van der Waals surface area contributed by atoms with E-state index >= 15 is 0 Å². The summed E-state index contributed by atoms with van der Waals surface area (Å²) in [5, 5.41) is 18.6. The average molecular weight is 554 g/mol. The number of fused-ring (bicyclic) bond motifs is 2. The molecule has 0 saturated heterocycles. The van der Waals surface area contributed by atoms with E-state index in [4.69, 9.17) is 4.74 Å². The largest absolute Gasteiger partial charge is 0.508 e. The van der Waals surface area contributed by atoms with Crippen LogP contribution < -0.4 is 10.1 Å². The minimum Gasteiger partial charge on any atom is -0.508 e. The molecule has 0 fully saturated rings. The van der Waals surface area contributed by atoms with Crippen molar-refractivity contribution in [3.05, 3.63) is 120 Å². The number of nitrogens with one attached hydrogen (secondary N) is 1. The Morgan fingerprint density at radius 3 is 2.58 bits per heavy atom. The first-order valence-electron chi connectivity index (χ1n) is 12.7. The van der Waals surface area contributed by atoms with Gasteiger partial charge in [0.15, 0.2) is 0 Å². The number of benzene rings is 4. The van der Waals surface area contributed by atoms with E-state index in [1.807, 2.05) is 61.5 Å². The number of amides is 1. The van der Waals surface area contributed by atoms with Crippen molar-refractivity contribution in [2.75, 3.05) is 7.11 Å². The molecule has 6 rings (SSSR count). The Hall–Kier alpha value is -4.69. The average Bonchev–Trinajstić information content (AvgIpc) is 3.58. The maximum absolute atomic E-state index is 12.8. The first-order chi connectivity index (χ1) is 19.4. The molecule has 6 nitrogen and oxygen atoms in total. The van der Waals surface area contributed by atoms with Crippen LogP contribution in [0, 0.1) is 5.82 Å². The van der Waals surface area contributed by atoms with E-state index in [2.05, 4.69) is 10.4 Å². The second kappa shape index (κ2) is 12.0. The Kier molecular flexibility index (Phi) is 8.07. The number of ether oxygens (including phenoxy) is 1. The second-order valence-corrected chi connectivity index (χ2v) is 10.4. The lowest BCUT2D eigenvalue weighted by Gasteiger charge is -2.13. The van der Waals surface area contributed by atoms with Crippen LogP contribution in [0.3, 0.4) is 0 Å². The van der Waals surface area contributed by atoms with E-state index in [9.17, 15) is 14.3 Å². The first kappa shape index (κ1) is 26.9. The van der Waals surface area contributed by atoms with Gasteiger partial charge >= 0.3 is 0 Å². The van der Waals surface area contributed by atoms with Crippen LogP contribution in [0.2, 0.25) is 0 Å². The minimum absolute atomic E-state index is 0.0124. The third kappa shape index (κ3) is 6.30. The van der Waals surface area contributed by atoms with Gasteiger partial charge < -0.3 is 15.2 Å². The molecule has 0 saturated carbocycles. The zero-order valence-corrected chi connectivity index (χ0v) is 22.9. The summed E-state index contributed by atoms with van der Waals surface area (Å²) in [5.41, 5.74) is 2.80. The Morgan fingerprint density at radius 1 is 1.00 bits per heavy atom. The van der Waals surface area contributed by atoms with Gasteiger partial charge in [-0.3, -0.25) is 4.79 Å². The summed E-state index contributed by atoms with van der Waals surface area (Å²) in [6, 6.07) is 29.1. The molecule has 1 amide bonds. The van der Waals surface area contributed by atoms with Gasteiger partial charge in [0.05, 0.1) is 29.4 Å². The molecule has 0 aliphatic rings. The Morgan fingerprint density at radius 2 is 1.80 bits per heavy atom. The molecule has 2 N–H and O–H groups in total. The molecule has 40 heavy (non-hydrogen) atoms. The highest BCUT2D eigenvalue weighted by Gasteiger charge is 2.13. The molecular weight excluding hydrogens is 525 g/mol. The highest BCUT2D eigenvalue weighted by atomic mass is 32.1. The molecule has 8 heteroatoms. The molecule has 2 heterocycles. The van der Waals surface area contributed by atoms with Crippen LogP contribution in [0.25, 0.3) is 26.7 Å². The summed E-state index contributed by atoms with van der Waals surface area (Å²) >= 11 is 1.53. The Labute approximate surface area is 235 Å². The predicted octanol–water partition coefficient (Wildman–Crippen LogP) is 7.14. The maximum Gasteiger partial charge on any atom is 0.261 e. The van der Waals surface area contributed by atoms with Gasteiger partial charge in [-0.2, -0.15) is 5.10 Å². The maximum atomic E-state index is 12.8. The number of methoxy groups -OCH3 is 1. The van der Waals surface area contributed by atoms with Crippen molar-refractivity contribution >= 4 is 38.2 Å². The fourth-order valence-corrected chi connectivity index (χ4v) is 5.37. The predicted molar refractivity (Wildman–Crippen MR) is 158 cm³/mol. The molecule has 202 valence electrons. The molecule has 0 aliphatic carbocycles. The van der Waals surface area contributed by atoms with Crippen molar-refractivity contribution in [2.24, 2.45) is 0 Å². The first-order valence-corrected chi connectivity index (χ1v) is 13.6. The number of nitrogens with zero attached hydrogens (tertiary/aromatic N) is 2. The van der Waals surface area contributed by atoms with Crippen LogP contribution in [0.5, 0.6) is 11.5 Å². The molecular formula is C32H28FN3O3S. The number of thiophene rings is 1. The quantitative estimate of drug-likeness (QED) is 0.230. The van der Waals surface area contributed by atoms with E-state index < -0.39 is 0 Å². The van der Waals surface area contributed by atoms with E-state index in [1.54, 1.807) is 48.3 Å². The molecule has 0 spiro atoms. The zero-order valence-electron chi connectivity index (χ0n) is 22.0. The van der Waals surface area contributed by atoms with E-state index in [0.717, 1.165) is 49.3 Å². The van der Waals surface area contributed by atoms with Crippen molar-refractivity contribution in [3.63, 3.8) is 0 Å². The summed E-state index contributed by atoms with van der Waals surface area (Å²) in [6.07, 6.45) is 2.44. The third-order valence-corrected chi connectivity index (χ3v) is 7.44. The monoisotopic (exact) mass is 553 g/mol. The third-order valence-electron chi connectivity index (χ3n) is 6.33. The highest BCUT2D eigenvalue weighted by molar-refractivity contribution is 7.20. The number of hydrogen-bond donors (Lipinski definition) is 2. The lowest BCUT2D eigenvalue weighted by atomic mass is 10.1. The molecule has 1 atom stereocenters. The smallest absolute Gasteiger partial charge is 0.261 e. The Balaban J connectivity index is 0.000000168. The van der Waals surface area contributed by atoms with Crippen molar-refractivity contribution in [1.29, 1.82) is 0 Å². The van der Waals surface area contributed by atoms with Gasteiger partial charge in [-0.1, -0.05) is 30.3 Å². The van der Waals surface area contributed by atoms with Crippen LogP contribution >= 0.6 is 11.3 Å². The normalized spacial score (nSPS) is 11.6. The molecule has 4 aromatic carbocycles. The number of rotatable bonds is 6. The number of carbonyl (C=O) groups is 1. The highest BCUT2D eigenvalue weighted by Crippen LogP contribution is 2.25. The van der Waals surface area contributed by atoms with Crippen LogP contribution in [0.1, 0.15) is 22.2 Å². The standard InChI is InChI=1S/C19H19NO2S.C13H9FN2O/c1-13(10-14-6-5-8-16(11-14)22-2)20-19(21)18-12-15-7-3-4-9-17(15)23-18;14-10-1-3-11(4-2-10)16-13-6-5-12(17)7-9(13)8-15-16/h3-9,11-13H,10H2,1-2H3,(H,20,21);1-8,17H. The molecule has 0 aliphatic heterocycles. The zero-order chi connectivity index (χ0) is 28.1. The SMILES string of the molecule is COc1cccc(CC(C)NC(=O)c2cc3ccccc3s2)c1.Oc1ccc2c(cnn2-c2ccc(F)cc2)c1. The van der Waals surface area contributed by atoms with Crippen molar-refractivity contribution in [1.82, 2.24) is 15.1 Å². The fourth-order valence-electron chi connectivity index (χ4n) is 4.40. The van der Waals surface area contributed by atoms with Gasteiger partial charge in [0.2, 0.25) is 0 Å². The van der Waals surface area contributed by atoms with Crippen molar-refractivity contribution in [3.8, 4) is 17.2 Å². The molecule has 6 aromatic rings. The topological polar surface area (TPSA) is 76.4 Å². The number of hydrogen-bond acceptors (Lipinski definition) is 5. The van der Waals surface area contributed by atoms with Crippen LogP contribution in [0.15, 0.2) is 103 Å². The van der Waals surface area contributed by atoms with E-state index in [-0.39, 0.29) is 23.5 Å². The number of carbonyl (C=O) groups excluding carboxylic acids is 1. The van der Waals surface area contributed by atoms with Crippen molar-refractivity contribution in [2.45, 2.75) is 19.4 Å². The van der Waals surface area contributed by atoms with E-state index in [0.29, 0.717) is 0 Å². The summed E-state index contributed by atoms with van der Waals surface area (Å²) in [5.74, 6) is 0.756. The number of aromatic nitrogens is 2. The summed E-state index contributed by atoms with van der Waals surface area (Å²) in [7, 11) is 1.66. The van der Waals surface area contributed by atoms with Crippen LogP contribution in [-0.4, -0.2) is 33.9 Å². The molecule has 1 unspecified atom stereocenters. The summed E-state index contributed by atoms with van der Waals surface area (Å²) < 4.78 is 20.9. The van der Waals surface area contributed by atoms with Gasteiger partial charge in [0.25, 0.3) is 5.91 Å². The number of halogens is 1. The summed E-state index contributed by atoms with van der Waals surface area (Å²) in [6.45, 7) is 2.02. The second-order valence-electron chi connectivity index (χ2n) is 9.35.